The number of hydrogen-bond donors (Lipinski definition) is 4. The van der Waals surface area contributed by atoms with Crippen LogP contribution in [0.5, 0.6) is 17.2 Å². The van der Waals surface area contributed by atoms with Crippen LogP contribution in [0.4, 0.5) is 22.9 Å². The van der Waals surface area contributed by atoms with Crippen LogP contribution in [0.3, 0.4) is 0 Å². The summed E-state index contributed by atoms with van der Waals surface area (Å²) in [5, 5.41) is 13.4. The molecule has 0 aliphatic heterocycles. The molecule has 1 aromatic heterocycles. The third-order valence-electron chi connectivity index (χ3n) is 5.02. The fraction of sp³-hybridized carbons (Fsp3) is 0.241. The molecule has 0 aliphatic rings. The van der Waals surface area contributed by atoms with Gasteiger partial charge in [-0.2, -0.15) is 0 Å². The van der Waals surface area contributed by atoms with Gasteiger partial charge in [0.2, 0.25) is 5.75 Å². The lowest BCUT2D eigenvalue weighted by atomic mass is 10.2. The molecule has 0 saturated heterocycles. The SMILES string of the molecule is CNc1cc(OC)c(OC)c(OC)c1.CNc1ccc(Cl)cc1.CNc1cccc(Cl)c1.CNc1cnccn1. The van der Waals surface area contributed by atoms with Crippen LogP contribution in [0.1, 0.15) is 0 Å². The summed E-state index contributed by atoms with van der Waals surface area (Å²) in [7, 11) is 12.2. The number of nitrogens with one attached hydrogen (secondary N) is 4. The van der Waals surface area contributed by atoms with Crippen LogP contribution in [-0.4, -0.2) is 59.5 Å². The molecule has 40 heavy (non-hydrogen) atoms. The summed E-state index contributed by atoms with van der Waals surface area (Å²) in [6.45, 7) is 0. The number of ether oxygens (including phenoxy) is 3. The maximum absolute atomic E-state index is 5.68. The van der Waals surface area contributed by atoms with Gasteiger partial charge in [-0.25, -0.2) is 4.98 Å². The minimum absolute atomic E-state index is 0.606. The van der Waals surface area contributed by atoms with Gasteiger partial charge in [-0.05, 0) is 42.5 Å². The third kappa shape index (κ3) is 12.6. The molecule has 0 bridgehead atoms. The monoisotopic (exact) mass is 588 g/mol. The van der Waals surface area contributed by atoms with E-state index in [0.29, 0.717) is 17.2 Å². The van der Waals surface area contributed by atoms with Gasteiger partial charge < -0.3 is 35.5 Å². The maximum atomic E-state index is 5.68. The van der Waals surface area contributed by atoms with Gasteiger partial charge in [0.15, 0.2) is 11.5 Å². The molecule has 4 aromatic rings. The molecule has 0 saturated carbocycles. The molecule has 0 fully saturated rings. The quantitative estimate of drug-likeness (QED) is 0.181. The molecule has 1 heterocycles. The van der Waals surface area contributed by atoms with Crippen LogP contribution < -0.4 is 35.5 Å². The molecule has 11 heteroatoms. The van der Waals surface area contributed by atoms with Crippen LogP contribution in [0.15, 0.2) is 79.3 Å². The van der Waals surface area contributed by atoms with E-state index >= 15 is 0 Å². The van der Waals surface area contributed by atoms with Crippen molar-refractivity contribution < 1.29 is 14.2 Å². The first-order valence-electron chi connectivity index (χ1n) is 12.1. The van der Waals surface area contributed by atoms with E-state index in [1.54, 1.807) is 39.9 Å². The molecule has 4 N–H and O–H groups in total. The van der Waals surface area contributed by atoms with E-state index in [1.165, 1.54) is 0 Å². The zero-order valence-electron chi connectivity index (χ0n) is 23.9. The minimum Gasteiger partial charge on any atom is -0.493 e. The van der Waals surface area contributed by atoms with Crippen LogP contribution in [0.25, 0.3) is 0 Å². The summed E-state index contributed by atoms with van der Waals surface area (Å²) < 4.78 is 15.5. The van der Waals surface area contributed by atoms with Gasteiger partial charge in [-0.15, -0.1) is 0 Å². The Morgan fingerprint density at radius 1 is 0.600 bits per heavy atom. The minimum atomic E-state index is 0.606. The van der Waals surface area contributed by atoms with E-state index in [4.69, 9.17) is 37.4 Å². The van der Waals surface area contributed by atoms with Crippen molar-refractivity contribution in [1.82, 2.24) is 9.97 Å². The van der Waals surface area contributed by atoms with Gasteiger partial charge in [0.25, 0.3) is 0 Å². The number of methoxy groups -OCH3 is 3. The molecule has 0 amide bonds. The molecule has 0 aliphatic carbocycles. The summed E-state index contributed by atoms with van der Waals surface area (Å²) >= 11 is 11.3. The number of nitrogens with zero attached hydrogens (tertiary/aromatic N) is 2. The van der Waals surface area contributed by atoms with E-state index in [1.807, 2.05) is 88.9 Å². The summed E-state index contributed by atoms with van der Waals surface area (Å²) in [4.78, 5) is 7.75. The van der Waals surface area contributed by atoms with E-state index < -0.39 is 0 Å². The van der Waals surface area contributed by atoms with Gasteiger partial charge in [0.1, 0.15) is 5.82 Å². The van der Waals surface area contributed by atoms with Crippen LogP contribution >= 0.6 is 23.2 Å². The Morgan fingerprint density at radius 3 is 1.57 bits per heavy atom. The van der Waals surface area contributed by atoms with Crippen LogP contribution in [0.2, 0.25) is 10.0 Å². The van der Waals surface area contributed by atoms with Gasteiger partial charge >= 0.3 is 0 Å². The fourth-order valence-electron chi connectivity index (χ4n) is 2.91. The van der Waals surface area contributed by atoms with Crippen molar-refractivity contribution in [2.45, 2.75) is 0 Å². The van der Waals surface area contributed by atoms with Crippen molar-refractivity contribution >= 4 is 46.1 Å². The highest BCUT2D eigenvalue weighted by atomic mass is 35.5. The number of aromatic nitrogens is 2. The number of benzene rings is 3. The number of rotatable bonds is 7. The fourth-order valence-corrected chi connectivity index (χ4v) is 3.23. The zero-order valence-corrected chi connectivity index (χ0v) is 25.4. The van der Waals surface area contributed by atoms with E-state index in [-0.39, 0.29) is 0 Å². The van der Waals surface area contributed by atoms with Crippen molar-refractivity contribution in [3.63, 3.8) is 0 Å². The second-order valence-electron chi connectivity index (χ2n) is 7.52. The van der Waals surface area contributed by atoms with Gasteiger partial charge in [-0.3, -0.25) is 4.98 Å². The van der Waals surface area contributed by atoms with Crippen molar-refractivity contribution in [2.24, 2.45) is 0 Å². The zero-order chi connectivity index (χ0) is 29.8. The number of anilines is 4. The molecule has 0 unspecified atom stereocenters. The molecule has 0 spiro atoms. The second-order valence-corrected chi connectivity index (χ2v) is 8.39. The Hall–Kier alpha value is -4.08. The lowest BCUT2D eigenvalue weighted by molar-refractivity contribution is 0.324. The normalized spacial score (nSPS) is 9.12. The lowest BCUT2D eigenvalue weighted by Gasteiger charge is -2.13. The third-order valence-corrected chi connectivity index (χ3v) is 5.51. The standard InChI is InChI=1S/C10H15NO3.2C7H8ClN.C5H7N3/c1-11-7-5-8(12-2)10(14-4)9(6-7)13-3;1-9-7-4-2-6(8)3-5-7;1-9-7-4-2-3-6(8)5-7;1-6-5-4-7-2-3-8-5/h5-6,11H,1-4H3;2*2-5,9H,1H3;2-4H,1H3,(H,6,8). The Labute approximate surface area is 247 Å². The highest BCUT2D eigenvalue weighted by Crippen LogP contribution is 2.39. The van der Waals surface area contributed by atoms with Crippen LogP contribution in [0, 0.1) is 0 Å². The van der Waals surface area contributed by atoms with Crippen molar-refractivity contribution in [3.05, 3.63) is 89.3 Å². The molecular weight excluding hydrogens is 551 g/mol. The molecular formula is C29H38Cl2N6O3. The van der Waals surface area contributed by atoms with E-state index in [9.17, 15) is 0 Å². The largest absolute Gasteiger partial charge is 0.493 e. The molecule has 9 nitrogen and oxygen atoms in total. The maximum Gasteiger partial charge on any atom is 0.203 e. The Kier molecular flexibility index (Phi) is 16.9. The first-order chi connectivity index (χ1) is 19.3. The molecule has 0 atom stereocenters. The van der Waals surface area contributed by atoms with Gasteiger partial charge in [0, 0.05) is 79.8 Å². The molecule has 3 aromatic carbocycles. The average Bonchev–Trinajstić information content (AvgIpc) is 3.01. The highest BCUT2D eigenvalue weighted by Gasteiger charge is 2.12. The first kappa shape index (κ1) is 33.9. The van der Waals surface area contributed by atoms with Crippen molar-refractivity contribution in [2.75, 3.05) is 70.8 Å². The van der Waals surface area contributed by atoms with Crippen molar-refractivity contribution in [1.29, 1.82) is 0 Å². The lowest BCUT2D eigenvalue weighted by Crippen LogP contribution is -1.97. The van der Waals surface area contributed by atoms with Gasteiger partial charge in [-0.1, -0.05) is 29.3 Å². The first-order valence-corrected chi connectivity index (χ1v) is 12.9. The predicted octanol–water partition coefficient (Wildman–Crippen LogP) is 7.04. The molecule has 216 valence electrons. The average molecular weight is 590 g/mol. The van der Waals surface area contributed by atoms with Gasteiger partial charge in [0.05, 0.1) is 27.5 Å². The summed E-state index contributed by atoms with van der Waals surface area (Å²) in [6.07, 6.45) is 4.95. The number of halogens is 2. The molecule has 4 rings (SSSR count). The number of hydrogen-bond acceptors (Lipinski definition) is 9. The summed E-state index contributed by atoms with van der Waals surface area (Å²) in [6, 6.07) is 18.9. The molecule has 0 radical (unpaired) electrons. The Morgan fingerprint density at radius 2 is 1.20 bits per heavy atom. The predicted molar refractivity (Wildman–Crippen MR) is 169 cm³/mol. The van der Waals surface area contributed by atoms with E-state index in [0.717, 1.165) is 32.9 Å². The summed E-state index contributed by atoms with van der Waals surface area (Å²) in [5.41, 5.74) is 3.04. The Balaban J connectivity index is 0.000000274. The van der Waals surface area contributed by atoms with E-state index in [2.05, 4.69) is 31.2 Å². The van der Waals surface area contributed by atoms with Crippen molar-refractivity contribution in [3.8, 4) is 17.2 Å². The highest BCUT2D eigenvalue weighted by molar-refractivity contribution is 6.31. The van der Waals surface area contributed by atoms with Crippen LogP contribution in [-0.2, 0) is 0 Å². The topological polar surface area (TPSA) is 102 Å². The smallest absolute Gasteiger partial charge is 0.203 e. The second kappa shape index (κ2) is 19.9. The Bertz CT molecular complexity index is 1210. The summed E-state index contributed by atoms with van der Waals surface area (Å²) in [5.74, 6) is 2.70.